The van der Waals surface area contributed by atoms with E-state index in [1.165, 1.54) is 6.20 Å². The predicted octanol–water partition coefficient (Wildman–Crippen LogP) is 2.17. The number of carboxylic acid groups (broad SMARTS) is 1. The lowest BCUT2D eigenvalue weighted by Crippen LogP contribution is -2.46. The molecule has 3 unspecified atom stereocenters. The lowest BCUT2D eigenvalue weighted by Gasteiger charge is -2.33. The van der Waals surface area contributed by atoms with Crippen LogP contribution in [-0.4, -0.2) is 43.7 Å². The first kappa shape index (κ1) is 15.3. The molecule has 120 valence electrons. The number of aliphatic carboxylic acids is 1. The first-order valence-corrected chi connectivity index (χ1v) is 8.16. The van der Waals surface area contributed by atoms with Crippen molar-refractivity contribution in [1.29, 1.82) is 0 Å². The number of likely N-dealkylation sites (tertiary alicyclic amines) is 1. The molecule has 1 N–H and O–H groups in total. The number of hydrogen-bond acceptors (Lipinski definition) is 3. The number of aromatic nitrogens is 2. The fourth-order valence-corrected chi connectivity index (χ4v) is 4.00. The second-order valence-electron chi connectivity index (χ2n) is 6.17. The molecule has 1 aliphatic heterocycles. The van der Waals surface area contributed by atoms with Gasteiger partial charge in [-0.1, -0.05) is 24.4 Å². The number of fused-ring (bicyclic) bond motifs is 1. The van der Waals surface area contributed by atoms with Crippen LogP contribution < -0.4 is 0 Å². The molecule has 6 nitrogen and oxygen atoms in total. The van der Waals surface area contributed by atoms with Crippen molar-refractivity contribution in [3.05, 3.63) is 17.4 Å². The Balaban J connectivity index is 1.69. The largest absolute Gasteiger partial charge is 0.480 e. The highest BCUT2D eigenvalue weighted by molar-refractivity contribution is 6.30. The third kappa shape index (κ3) is 2.97. The third-order valence-electron chi connectivity index (χ3n) is 4.82. The molecule has 3 rings (SSSR count). The molecular formula is C15H20ClN3O3. The van der Waals surface area contributed by atoms with E-state index in [4.69, 9.17) is 11.6 Å². The zero-order valence-electron chi connectivity index (χ0n) is 12.3. The molecule has 1 saturated carbocycles. The quantitative estimate of drug-likeness (QED) is 0.920. The van der Waals surface area contributed by atoms with Crippen LogP contribution in [-0.2, 0) is 16.1 Å². The summed E-state index contributed by atoms with van der Waals surface area (Å²) in [6, 6.07) is -0.564. The van der Waals surface area contributed by atoms with Crippen LogP contribution in [0.5, 0.6) is 0 Å². The van der Waals surface area contributed by atoms with Crippen molar-refractivity contribution in [2.45, 2.75) is 57.2 Å². The summed E-state index contributed by atoms with van der Waals surface area (Å²) in [6.45, 7) is 0.422. The molecule has 1 aromatic rings. The molecule has 0 bridgehead atoms. The van der Waals surface area contributed by atoms with Crippen molar-refractivity contribution >= 4 is 23.5 Å². The Morgan fingerprint density at radius 2 is 2.14 bits per heavy atom. The second kappa shape index (κ2) is 6.28. The van der Waals surface area contributed by atoms with Crippen LogP contribution >= 0.6 is 11.6 Å². The summed E-state index contributed by atoms with van der Waals surface area (Å²) >= 11 is 5.80. The number of carboxylic acids is 1. The normalized spacial score (nSPS) is 27.7. The average Bonchev–Trinajstić information content (AvgIpc) is 3.08. The minimum Gasteiger partial charge on any atom is -0.480 e. The standard InChI is InChI=1S/C15H20ClN3O3/c16-11-8-17-18(9-11)6-5-14(20)19-12-4-2-1-3-10(12)7-13(19)15(21)22/h8-10,12-13H,1-7H2,(H,21,22). The topological polar surface area (TPSA) is 75.4 Å². The number of aryl methyl sites for hydroxylation is 1. The summed E-state index contributed by atoms with van der Waals surface area (Å²) in [5.41, 5.74) is 0. The lowest BCUT2D eigenvalue weighted by molar-refractivity contribution is -0.150. The molecule has 7 heteroatoms. The van der Waals surface area contributed by atoms with E-state index in [0.717, 1.165) is 25.7 Å². The Hall–Kier alpha value is -1.56. The van der Waals surface area contributed by atoms with Gasteiger partial charge < -0.3 is 10.0 Å². The summed E-state index contributed by atoms with van der Waals surface area (Å²) < 4.78 is 1.62. The highest BCUT2D eigenvalue weighted by atomic mass is 35.5. The number of nitrogens with zero attached hydrogens (tertiary/aromatic N) is 3. The van der Waals surface area contributed by atoms with Gasteiger partial charge in [0.05, 0.1) is 11.2 Å². The van der Waals surface area contributed by atoms with Gasteiger partial charge in [0, 0.05) is 25.2 Å². The number of carbonyl (C=O) groups excluding carboxylic acids is 1. The summed E-state index contributed by atoms with van der Waals surface area (Å²) in [6.07, 6.45) is 8.22. The van der Waals surface area contributed by atoms with E-state index in [-0.39, 0.29) is 18.4 Å². The third-order valence-corrected chi connectivity index (χ3v) is 5.01. The van der Waals surface area contributed by atoms with Crippen molar-refractivity contribution in [3.63, 3.8) is 0 Å². The van der Waals surface area contributed by atoms with Gasteiger partial charge in [0.1, 0.15) is 6.04 Å². The van der Waals surface area contributed by atoms with Crippen LogP contribution in [0.2, 0.25) is 5.02 Å². The molecule has 0 radical (unpaired) electrons. The number of amides is 1. The molecule has 1 aliphatic carbocycles. The molecule has 1 aromatic heterocycles. The first-order chi connectivity index (χ1) is 10.6. The molecule has 2 fully saturated rings. The van der Waals surface area contributed by atoms with Gasteiger partial charge in [-0.3, -0.25) is 9.48 Å². The van der Waals surface area contributed by atoms with Gasteiger partial charge in [0.2, 0.25) is 5.91 Å². The van der Waals surface area contributed by atoms with Crippen molar-refractivity contribution < 1.29 is 14.7 Å². The molecule has 2 heterocycles. The Bertz CT molecular complexity index is 574. The summed E-state index contributed by atoms with van der Waals surface area (Å²) in [5, 5.41) is 14.0. The van der Waals surface area contributed by atoms with Crippen LogP contribution in [0.1, 0.15) is 38.5 Å². The van der Waals surface area contributed by atoms with Gasteiger partial charge in [0.15, 0.2) is 0 Å². The summed E-state index contributed by atoms with van der Waals surface area (Å²) in [5.74, 6) is -0.628. The van der Waals surface area contributed by atoms with E-state index < -0.39 is 12.0 Å². The summed E-state index contributed by atoms with van der Waals surface area (Å²) in [4.78, 5) is 25.7. The van der Waals surface area contributed by atoms with Crippen LogP contribution in [0.25, 0.3) is 0 Å². The summed E-state index contributed by atoms with van der Waals surface area (Å²) in [7, 11) is 0. The van der Waals surface area contributed by atoms with E-state index in [1.54, 1.807) is 15.8 Å². The second-order valence-corrected chi connectivity index (χ2v) is 6.61. The molecule has 0 aromatic carbocycles. The molecule has 3 atom stereocenters. The molecular weight excluding hydrogens is 306 g/mol. The smallest absolute Gasteiger partial charge is 0.326 e. The SMILES string of the molecule is O=C(O)C1CC2CCCCC2N1C(=O)CCn1cc(Cl)cn1. The van der Waals surface area contributed by atoms with E-state index in [9.17, 15) is 14.7 Å². The van der Waals surface area contributed by atoms with E-state index >= 15 is 0 Å². The zero-order chi connectivity index (χ0) is 15.7. The van der Waals surface area contributed by atoms with E-state index in [2.05, 4.69) is 5.10 Å². The molecule has 1 amide bonds. The van der Waals surface area contributed by atoms with Crippen molar-refractivity contribution in [1.82, 2.24) is 14.7 Å². The van der Waals surface area contributed by atoms with E-state index in [1.807, 2.05) is 0 Å². The van der Waals surface area contributed by atoms with Gasteiger partial charge in [-0.2, -0.15) is 5.10 Å². The Morgan fingerprint density at radius 1 is 1.36 bits per heavy atom. The highest BCUT2D eigenvalue weighted by Gasteiger charge is 2.47. The van der Waals surface area contributed by atoms with Crippen LogP contribution in [0.4, 0.5) is 0 Å². The van der Waals surface area contributed by atoms with Crippen LogP contribution in [0.3, 0.4) is 0 Å². The highest BCUT2D eigenvalue weighted by Crippen LogP contribution is 2.40. The number of halogens is 1. The van der Waals surface area contributed by atoms with E-state index in [0.29, 0.717) is 23.9 Å². The van der Waals surface area contributed by atoms with Crippen molar-refractivity contribution in [3.8, 4) is 0 Å². The number of rotatable bonds is 4. The van der Waals surface area contributed by atoms with Crippen LogP contribution in [0.15, 0.2) is 12.4 Å². The lowest BCUT2D eigenvalue weighted by atomic mass is 9.84. The van der Waals surface area contributed by atoms with Gasteiger partial charge in [-0.25, -0.2) is 4.79 Å². The van der Waals surface area contributed by atoms with Gasteiger partial charge in [0.25, 0.3) is 0 Å². The van der Waals surface area contributed by atoms with Crippen molar-refractivity contribution in [2.24, 2.45) is 5.92 Å². The predicted molar refractivity (Wildman–Crippen MR) is 80.5 cm³/mol. The maximum Gasteiger partial charge on any atom is 0.326 e. The Morgan fingerprint density at radius 3 is 2.82 bits per heavy atom. The van der Waals surface area contributed by atoms with Crippen molar-refractivity contribution in [2.75, 3.05) is 0 Å². The molecule has 2 aliphatic rings. The zero-order valence-corrected chi connectivity index (χ0v) is 13.1. The average molecular weight is 326 g/mol. The number of carbonyl (C=O) groups is 2. The van der Waals surface area contributed by atoms with Gasteiger partial charge in [-0.15, -0.1) is 0 Å². The fourth-order valence-electron chi connectivity index (χ4n) is 3.84. The Kier molecular flexibility index (Phi) is 4.38. The maximum atomic E-state index is 12.6. The molecule has 0 spiro atoms. The monoisotopic (exact) mass is 325 g/mol. The molecule has 1 saturated heterocycles. The molecule has 22 heavy (non-hydrogen) atoms. The minimum atomic E-state index is -0.884. The maximum absolute atomic E-state index is 12.6. The van der Waals surface area contributed by atoms with Crippen LogP contribution in [0, 0.1) is 5.92 Å². The Labute approximate surface area is 134 Å². The number of hydrogen-bond donors (Lipinski definition) is 1. The first-order valence-electron chi connectivity index (χ1n) is 7.78. The van der Waals surface area contributed by atoms with Gasteiger partial charge >= 0.3 is 5.97 Å². The van der Waals surface area contributed by atoms with Gasteiger partial charge in [-0.05, 0) is 25.2 Å². The fraction of sp³-hybridized carbons (Fsp3) is 0.667. The minimum absolute atomic E-state index is 0.0894.